The number of imide groups is 1. The molecule has 0 radical (unpaired) electrons. The lowest BCUT2D eigenvalue weighted by atomic mass is 9.97. The van der Waals surface area contributed by atoms with Gasteiger partial charge in [-0.25, -0.2) is 4.90 Å². The molecule has 1 aliphatic rings. The van der Waals surface area contributed by atoms with E-state index in [-0.39, 0.29) is 11.6 Å². The Balaban J connectivity index is 1.88. The van der Waals surface area contributed by atoms with Crippen molar-refractivity contribution in [3.63, 3.8) is 0 Å². The molecule has 0 aliphatic carbocycles. The molecule has 0 unspecified atom stereocenters. The van der Waals surface area contributed by atoms with E-state index < -0.39 is 5.91 Å². The van der Waals surface area contributed by atoms with Gasteiger partial charge < -0.3 is 14.8 Å². The SMILES string of the molecule is COc1ccc(NC2=C(c3ccc(C)cc3C)C(=O)N(c3ccc(C)cc3C)C2=O)c(OC)c1. The summed E-state index contributed by atoms with van der Waals surface area (Å²) in [6.45, 7) is 7.82. The van der Waals surface area contributed by atoms with Gasteiger partial charge in [-0.15, -0.1) is 0 Å². The van der Waals surface area contributed by atoms with Gasteiger partial charge in [-0.2, -0.15) is 0 Å². The number of aryl methyl sites for hydroxylation is 4. The topological polar surface area (TPSA) is 67.9 Å². The third-order valence-electron chi connectivity index (χ3n) is 6.00. The summed E-state index contributed by atoms with van der Waals surface area (Å²) >= 11 is 0. The molecule has 0 bridgehead atoms. The minimum absolute atomic E-state index is 0.209. The van der Waals surface area contributed by atoms with E-state index in [2.05, 4.69) is 5.32 Å². The van der Waals surface area contributed by atoms with E-state index in [9.17, 15) is 9.59 Å². The Labute approximate surface area is 199 Å². The molecule has 0 spiro atoms. The van der Waals surface area contributed by atoms with Crippen LogP contribution in [-0.4, -0.2) is 26.0 Å². The highest BCUT2D eigenvalue weighted by atomic mass is 16.5. The van der Waals surface area contributed by atoms with Crippen LogP contribution in [0.2, 0.25) is 0 Å². The predicted molar refractivity (Wildman–Crippen MR) is 134 cm³/mol. The molecule has 34 heavy (non-hydrogen) atoms. The van der Waals surface area contributed by atoms with Gasteiger partial charge in [0.2, 0.25) is 0 Å². The van der Waals surface area contributed by atoms with E-state index in [0.29, 0.717) is 34.0 Å². The fourth-order valence-corrected chi connectivity index (χ4v) is 4.30. The van der Waals surface area contributed by atoms with Crippen molar-refractivity contribution in [2.24, 2.45) is 0 Å². The van der Waals surface area contributed by atoms with Crippen LogP contribution < -0.4 is 19.7 Å². The van der Waals surface area contributed by atoms with Crippen LogP contribution in [0.1, 0.15) is 27.8 Å². The maximum absolute atomic E-state index is 13.8. The quantitative estimate of drug-likeness (QED) is 0.508. The van der Waals surface area contributed by atoms with Crippen molar-refractivity contribution in [2.45, 2.75) is 27.7 Å². The minimum Gasteiger partial charge on any atom is -0.497 e. The van der Waals surface area contributed by atoms with Gasteiger partial charge in [0.1, 0.15) is 17.2 Å². The molecule has 4 rings (SSSR count). The molecule has 0 saturated heterocycles. The standard InChI is InChI=1S/C28H28N2O4/c1-16-7-10-21(18(3)13-16)25-26(29-22-11-9-20(33-5)15-24(22)34-6)28(32)30(27(25)31)23-12-8-17(2)14-19(23)4/h7-15,29H,1-6H3. The van der Waals surface area contributed by atoms with Gasteiger partial charge >= 0.3 is 0 Å². The second-order valence-corrected chi connectivity index (χ2v) is 8.50. The van der Waals surface area contributed by atoms with Gasteiger partial charge in [0.05, 0.1) is 31.2 Å². The molecule has 6 nitrogen and oxygen atoms in total. The molecular weight excluding hydrogens is 428 g/mol. The molecule has 6 heteroatoms. The van der Waals surface area contributed by atoms with Crippen molar-refractivity contribution in [1.29, 1.82) is 0 Å². The van der Waals surface area contributed by atoms with E-state index in [0.717, 1.165) is 22.3 Å². The van der Waals surface area contributed by atoms with Gasteiger partial charge in [0.15, 0.2) is 0 Å². The van der Waals surface area contributed by atoms with Crippen LogP contribution in [0, 0.1) is 27.7 Å². The Bertz CT molecular complexity index is 1340. The fraction of sp³-hybridized carbons (Fsp3) is 0.214. The molecular formula is C28H28N2O4. The summed E-state index contributed by atoms with van der Waals surface area (Å²) in [6.07, 6.45) is 0. The highest BCUT2D eigenvalue weighted by Crippen LogP contribution is 2.38. The van der Waals surface area contributed by atoms with Crippen LogP contribution in [0.15, 0.2) is 60.3 Å². The number of carbonyl (C=O) groups is 2. The zero-order valence-corrected chi connectivity index (χ0v) is 20.3. The Morgan fingerprint density at radius 1 is 0.735 bits per heavy atom. The van der Waals surface area contributed by atoms with Crippen LogP contribution >= 0.6 is 0 Å². The molecule has 0 aromatic heterocycles. The number of anilines is 2. The van der Waals surface area contributed by atoms with Gasteiger partial charge in [-0.05, 0) is 62.6 Å². The van der Waals surface area contributed by atoms with Crippen LogP contribution in [0.5, 0.6) is 11.5 Å². The lowest BCUT2D eigenvalue weighted by molar-refractivity contribution is -0.120. The van der Waals surface area contributed by atoms with E-state index in [1.54, 1.807) is 32.4 Å². The number of carbonyl (C=O) groups excluding carboxylic acids is 2. The number of nitrogens with zero attached hydrogens (tertiary/aromatic N) is 1. The first-order valence-electron chi connectivity index (χ1n) is 11.0. The highest BCUT2D eigenvalue weighted by molar-refractivity contribution is 6.46. The summed E-state index contributed by atoms with van der Waals surface area (Å²) in [4.78, 5) is 28.8. The molecule has 1 heterocycles. The fourth-order valence-electron chi connectivity index (χ4n) is 4.30. The third-order valence-corrected chi connectivity index (χ3v) is 6.00. The van der Waals surface area contributed by atoms with Crippen LogP contribution in [-0.2, 0) is 9.59 Å². The lowest BCUT2D eigenvalue weighted by Gasteiger charge is -2.18. The monoisotopic (exact) mass is 456 g/mol. The summed E-state index contributed by atoms with van der Waals surface area (Å²) in [5.74, 6) is 0.345. The zero-order valence-electron chi connectivity index (χ0n) is 20.3. The average Bonchev–Trinajstić information content (AvgIpc) is 3.04. The van der Waals surface area contributed by atoms with Gasteiger partial charge in [0.25, 0.3) is 11.8 Å². The first kappa shape index (κ1) is 23.1. The highest BCUT2D eigenvalue weighted by Gasteiger charge is 2.41. The third kappa shape index (κ3) is 4.03. The van der Waals surface area contributed by atoms with Gasteiger partial charge in [-0.1, -0.05) is 41.5 Å². The molecule has 1 N–H and O–H groups in total. The molecule has 0 atom stereocenters. The number of nitrogens with one attached hydrogen (secondary N) is 1. The maximum atomic E-state index is 13.8. The Kier molecular flexibility index (Phi) is 6.16. The summed E-state index contributed by atoms with van der Waals surface area (Å²) in [7, 11) is 3.12. The maximum Gasteiger partial charge on any atom is 0.282 e. The smallest absolute Gasteiger partial charge is 0.282 e. The normalized spacial score (nSPS) is 13.5. The molecule has 174 valence electrons. The number of methoxy groups -OCH3 is 2. The summed E-state index contributed by atoms with van der Waals surface area (Å²) in [6, 6.07) is 16.8. The second-order valence-electron chi connectivity index (χ2n) is 8.50. The lowest BCUT2D eigenvalue weighted by Crippen LogP contribution is -2.33. The van der Waals surface area contributed by atoms with Gasteiger partial charge in [0, 0.05) is 6.07 Å². The number of hydrogen-bond donors (Lipinski definition) is 1. The average molecular weight is 457 g/mol. The number of amides is 2. The Hall–Kier alpha value is -4.06. The summed E-state index contributed by atoms with van der Waals surface area (Å²) in [5.41, 5.74) is 6.29. The van der Waals surface area contributed by atoms with Crippen LogP contribution in [0.4, 0.5) is 11.4 Å². The van der Waals surface area contributed by atoms with Crippen LogP contribution in [0.25, 0.3) is 5.57 Å². The Morgan fingerprint density at radius 2 is 1.41 bits per heavy atom. The van der Waals surface area contributed by atoms with E-state index >= 15 is 0 Å². The van der Waals surface area contributed by atoms with Crippen molar-refractivity contribution < 1.29 is 19.1 Å². The number of ether oxygens (including phenoxy) is 2. The molecule has 2 amide bonds. The Morgan fingerprint density at radius 3 is 2.03 bits per heavy atom. The summed E-state index contributed by atoms with van der Waals surface area (Å²) < 4.78 is 10.8. The minimum atomic E-state index is -0.412. The second kappa shape index (κ2) is 9.06. The first-order valence-corrected chi connectivity index (χ1v) is 11.0. The predicted octanol–water partition coefficient (Wildman–Crippen LogP) is 5.33. The first-order chi connectivity index (χ1) is 16.2. The number of benzene rings is 3. The number of hydrogen-bond acceptors (Lipinski definition) is 5. The number of rotatable bonds is 6. The molecule has 3 aromatic rings. The van der Waals surface area contributed by atoms with Crippen molar-refractivity contribution in [3.05, 3.63) is 88.1 Å². The van der Waals surface area contributed by atoms with Gasteiger partial charge in [-0.3, -0.25) is 9.59 Å². The van der Waals surface area contributed by atoms with E-state index in [1.807, 2.05) is 64.1 Å². The molecule has 3 aromatic carbocycles. The van der Waals surface area contributed by atoms with E-state index in [1.165, 1.54) is 4.90 Å². The van der Waals surface area contributed by atoms with Crippen molar-refractivity contribution >= 4 is 28.8 Å². The zero-order chi connectivity index (χ0) is 24.6. The largest absolute Gasteiger partial charge is 0.497 e. The molecule has 0 saturated carbocycles. The van der Waals surface area contributed by atoms with Crippen molar-refractivity contribution in [1.82, 2.24) is 0 Å². The van der Waals surface area contributed by atoms with Crippen molar-refractivity contribution in [3.8, 4) is 11.5 Å². The van der Waals surface area contributed by atoms with E-state index in [4.69, 9.17) is 9.47 Å². The molecule has 0 fully saturated rings. The molecule has 1 aliphatic heterocycles. The summed E-state index contributed by atoms with van der Waals surface area (Å²) in [5, 5.41) is 3.20. The van der Waals surface area contributed by atoms with Crippen LogP contribution in [0.3, 0.4) is 0 Å². The van der Waals surface area contributed by atoms with Crippen molar-refractivity contribution in [2.75, 3.05) is 24.4 Å².